The normalized spacial score (nSPS) is 21.2. The molecule has 30 heavy (non-hydrogen) atoms. The summed E-state index contributed by atoms with van der Waals surface area (Å²) in [5, 5.41) is 0. The third-order valence-corrected chi connectivity index (χ3v) is 7.07. The van der Waals surface area contributed by atoms with Crippen molar-refractivity contribution in [2.24, 2.45) is 0 Å². The number of hydrogen-bond acceptors (Lipinski definition) is 10. The average Bonchev–Trinajstić information content (AvgIpc) is 3.09. The smallest absolute Gasteiger partial charge is 0.383 e. The zero-order valence-corrected chi connectivity index (χ0v) is 19.5. The number of thioether (sulfide) groups is 1. The van der Waals surface area contributed by atoms with E-state index in [1.54, 1.807) is 0 Å². The molecule has 1 aliphatic heterocycles. The Morgan fingerprint density at radius 2 is 1.90 bits per heavy atom. The predicted octanol–water partition coefficient (Wildman–Crippen LogP) is 0.988. The molecule has 0 bridgehead atoms. The molecule has 3 atom stereocenters. The lowest BCUT2D eigenvalue weighted by atomic mass is 10.5. The summed E-state index contributed by atoms with van der Waals surface area (Å²) in [6.07, 6.45) is 0.711. The van der Waals surface area contributed by atoms with Gasteiger partial charge in [0.05, 0.1) is 6.61 Å². The van der Waals surface area contributed by atoms with Crippen LogP contribution in [0, 0.1) is 0 Å². The highest BCUT2D eigenvalue weighted by atomic mass is 32.2. The molecule has 0 radical (unpaired) electrons. The molecule has 0 spiro atoms. The van der Waals surface area contributed by atoms with Gasteiger partial charge in [-0.3, -0.25) is 9.09 Å². The maximum Gasteiger partial charge on any atom is 0.481 e. The number of aromatic nitrogens is 2. The minimum atomic E-state index is -5.17. The van der Waals surface area contributed by atoms with Crippen LogP contribution >= 0.6 is 27.4 Å². The van der Waals surface area contributed by atoms with Crippen LogP contribution in [0.4, 0.5) is 5.82 Å². The topological polar surface area (TPSA) is 187 Å². The summed E-state index contributed by atoms with van der Waals surface area (Å²) >= 11 is 1.17. The van der Waals surface area contributed by atoms with Gasteiger partial charge in [-0.1, -0.05) is 20.8 Å². The molecule has 5 N–H and O–H groups in total. The maximum atomic E-state index is 11.7. The van der Waals surface area contributed by atoms with Crippen molar-refractivity contribution >= 4 is 33.2 Å². The first kappa shape index (κ1) is 27.2. The van der Waals surface area contributed by atoms with E-state index in [9.17, 15) is 13.9 Å². The molecule has 1 aliphatic rings. The lowest BCUT2D eigenvalue weighted by Crippen LogP contribution is -2.28. The Morgan fingerprint density at radius 3 is 2.37 bits per heavy atom. The van der Waals surface area contributed by atoms with E-state index < -0.39 is 39.6 Å². The molecule has 13 nitrogen and oxygen atoms in total. The van der Waals surface area contributed by atoms with Crippen LogP contribution in [0.5, 0.6) is 0 Å². The molecule has 16 heteroatoms. The van der Waals surface area contributed by atoms with Gasteiger partial charge < -0.3 is 30.1 Å². The predicted molar refractivity (Wildman–Crippen MR) is 112 cm³/mol. The number of nitrogen functional groups attached to an aromatic ring is 1. The average molecular weight is 490 g/mol. The number of nitrogens with zero attached hydrogens (tertiary/aromatic N) is 3. The summed E-state index contributed by atoms with van der Waals surface area (Å²) in [4.78, 5) is 43.7. The van der Waals surface area contributed by atoms with Crippen LogP contribution in [-0.2, 0) is 22.7 Å². The van der Waals surface area contributed by atoms with Gasteiger partial charge in [0.2, 0.25) is 0 Å². The van der Waals surface area contributed by atoms with Crippen LogP contribution in [0.25, 0.3) is 0 Å². The molecule has 1 fully saturated rings. The number of hydrogen-bond donors (Lipinski definition) is 4. The molecular weight excluding hydrogens is 462 g/mol. The van der Waals surface area contributed by atoms with Crippen LogP contribution in [0.3, 0.4) is 0 Å². The van der Waals surface area contributed by atoms with E-state index in [0.29, 0.717) is 5.75 Å². The van der Waals surface area contributed by atoms with Gasteiger partial charge in [0.1, 0.15) is 17.5 Å². The maximum absolute atomic E-state index is 11.7. The second-order valence-corrected chi connectivity index (χ2v) is 9.87. The van der Waals surface area contributed by atoms with Crippen molar-refractivity contribution in [3.8, 4) is 0 Å². The lowest BCUT2D eigenvalue weighted by molar-refractivity contribution is -0.00646. The monoisotopic (exact) mass is 490 g/mol. The quantitative estimate of drug-likeness (QED) is 0.359. The summed E-state index contributed by atoms with van der Waals surface area (Å²) in [6.45, 7) is 9.64. The van der Waals surface area contributed by atoms with Crippen LogP contribution in [0.15, 0.2) is 17.1 Å². The minimum Gasteiger partial charge on any atom is -0.383 e. The van der Waals surface area contributed by atoms with E-state index in [1.807, 2.05) is 0 Å². The number of phosphoric ester groups is 1. The summed E-state index contributed by atoms with van der Waals surface area (Å²) in [5.74, 6) is 0.391. The van der Waals surface area contributed by atoms with Crippen molar-refractivity contribution in [3.05, 3.63) is 22.7 Å². The first-order chi connectivity index (χ1) is 13.9. The third-order valence-electron chi connectivity index (χ3n) is 3.82. The zero-order valence-electron chi connectivity index (χ0n) is 16.9. The molecule has 0 saturated carbocycles. The van der Waals surface area contributed by atoms with E-state index >= 15 is 0 Å². The van der Waals surface area contributed by atoms with Gasteiger partial charge in [0.15, 0.2) is 0 Å². The largest absolute Gasteiger partial charge is 0.481 e. The molecular formula is C14H28N4O9P2S. The van der Waals surface area contributed by atoms with Gasteiger partial charge in [0.25, 0.3) is 0 Å². The Morgan fingerprint density at radius 1 is 1.30 bits per heavy atom. The highest BCUT2D eigenvalue weighted by Gasteiger charge is 2.35. The standard InChI is InChI=1S/C8H13N3O9P2S.C6H15N/c9-5-1-2-11(8(12)10-5)6-4-23-7(19-6)3-18-22(16,17)20-21(13,14)15;1-4-7(5-2)6-3/h1-2,6-7H,3-4H2,(H,16,17)(H2,9,10,12)(H2,13,14,15);4-6H2,1-3H3/t6-,7+;/m0./s1. The SMILES string of the molecule is CCN(CC)CC.Nc1ccn([C@@H]2CS[C@H](COP(=O)(O)OP(=O)(O)O)O2)c(=O)n1. The number of rotatable bonds is 9. The van der Waals surface area contributed by atoms with Crippen molar-refractivity contribution < 1.29 is 37.4 Å². The molecule has 1 aromatic heterocycles. The number of nitrogens with two attached hydrogens (primary N) is 1. The second kappa shape index (κ2) is 12.3. The Labute approximate surface area is 178 Å². The number of ether oxygens (including phenoxy) is 1. The minimum absolute atomic E-state index is 0.0626. The van der Waals surface area contributed by atoms with Crippen molar-refractivity contribution in [1.29, 1.82) is 0 Å². The summed E-state index contributed by atoms with van der Waals surface area (Å²) in [5.41, 5.74) is 4.01. The molecule has 0 aliphatic carbocycles. The molecule has 2 heterocycles. The van der Waals surface area contributed by atoms with Crippen LogP contribution in [0.2, 0.25) is 0 Å². The van der Waals surface area contributed by atoms with Gasteiger partial charge in [-0.2, -0.15) is 9.29 Å². The summed E-state index contributed by atoms with van der Waals surface area (Å²) in [7, 11) is -10.1. The summed E-state index contributed by atoms with van der Waals surface area (Å²) in [6, 6.07) is 1.41. The van der Waals surface area contributed by atoms with Crippen molar-refractivity contribution in [2.75, 3.05) is 37.7 Å². The number of phosphoric acid groups is 2. The van der Waals surface area contributed by atoms with E-state index in [0.717, 1.165) is 0 Å². The molecule has 1 aromatic rings. The van der Waals surface area contributed by atoms with Crippen molar-refractivity contribution in [1.82, 2.24) is 14.5 Å². The van der Waals surface area contributed by atoms with Crippen molar-refractivity contribution in [2.45, 2.75) is 32.4 Å². The first-order valence-corrected chi connectivity index (χ1v) is 13.1. The molecule has 1 unspecified atom stereocenters. The molecule has 174 valence electrons. The van der Waals surface area contributed by atoms with Crippen LogP contribution < -0.4 is 11.4 Å². The Balaban J connectivity index is 0.000000553. The summed E-state index contributed by atoms with van der Waals surface area (Å²) < 4.78 is 36.5. The van der Waals surface area contributed by atoms with Gasteiger partial charge in [-0.05, 0) is 25.7 Å². The fraction of sp³-hybridized carbons (Fsp3) is 0.714. The highest BCUT2D eigenvalue weighted by Crippen LogP contribution is 2.57. The van der Waals surface area contributed by atoms with E-state index in [2.05, 4.69) is 39.5 Å². The third kappa shape index (κ3) is 10.0. The zero-order chi connectivity index (χ0) is 22.9. The number of anilines is 1. The van der Waals surface area contributed by atoms with Gasteiger partial charge in [-0.25, -0.2) is 13.9 Å². The van der Waals surface area contributed by atoms with Gasteiger partial charge >= 0.3 is 21.3 Å². The van der Waals surface area contributed by atoms with Crippen LogP contribution in [-0.4, -0.2) is 66.6 Å². The van der Waals surface area contributed by atoms with E-state index in [4.69, 9.17) is 25.2 Å². The first-order valence-electron chi connectivity index (χ1n) is 8.99. The van der Waals surface area contributed by atoms with E-state index in [-0.39, 0.29) is 5.82 Å². The molecule has 0 aromatic carbocycles. The lowest BCUT2D eigenvalue weighted by Gasteiger charge is -2.16. The second-order valence-electron chi connectivity index (χ2n) is 5.85. The van der Waals surface area contributed by atoms with Gasteiger partial charge in [0, 0.05) is 11.9 Å². The molecule has 2 rings (SSSR count). The molecule has 1 saturated heterocycles. The molecule has 0 amide bonds. The Hall–Kier alpha value is -0.790. The Bertz CT molecular complexity index is 811. The fourth-order valence-electron chi connectivity index (χ4n) is 2.31. The van der Waals surface area contributed by atoms with E-state index in [1.165, 1.54) is 48.2 Å². The van der Waals surface area contributed by atoms with Crippen LogP contribution in [0.1, 0.15) is 27.0 Å². The Kier molecular flexibility index (Phi) is 11.2. The van der Waals surface area contributed by atoms with Crippen molar-refractivity contribution in [3.63, 3.8) is 0 Å². The fourth-order valence-corrected chi connectivity index (χ4v) is 4.98. The van der Waals surface area contributed by atoms with Gasteiger partial charge in [-0.15, -0.1) is 11.8 Å². The highest BCUT2D eigenvalue weighted by molar-refractivity contribution is 8.00.